The van der Waals surface area contributed by atoms with Crippen LogP contribution >= 0.6 is 11.8 Å². The second kappa shape index (κ2) is 7.36. The Morgan fingerprint density at radius 2 is 1.76 bits per heavy atom. The molecule has 0 atom stereocenters. The fraction of sp³-hybridized carbons (Fsp3) is 0.105. The van der Waals surface area contributed by atoms with Gasteiger partial charge >= 0.3 is 0 Å². The summed E-state index contributed by atoms with van der Waals surface area (Å²) in [6.07, 6.45) is 1.69. The van der Waals surface area contributed by atoms with E-state index in [0.29, 0.717) is 10.6 Å². The maximum atomic E-state index is 12.5. The number of nitrogens with zero attached hydrogens (tertiary/aromatic N) is 1. The summed E-state index contributed by atoms with van der Waals surface area (Å²) in [5.74, 6) is -0.855. The molecule has 0 saturated carbocycles. The fourth-order valence-electron chi connectivity index (χ4n) is 2.39. The van der Waals surface area contributed by atoms with Crippen LogP contribution in [0.15, 0.2) is 59.5 Å². The van der Waals surface area contributed by atoms with Gasteiger partial charge in [-0.2, -0.15) is 0 Å². The summed E-state index contributed by atoms with van der Waals surface area (Å²) in [6, 6.07) is 16.5. The number of amides is 3. The number of hydrogen-bond donors (Lipinski definition) is 1. The van der Waals surface area contributed by atoms with E-state index >= 15 is 0 Å². The highest BCUT2D eigenvalue weighted by Gasteiger charge is 2.36. The molecule has 0 unspecified atom stereocenters. The Morgan fingerprint density at radius 3 is 2.48 bits per heavy atom. The van der Waals surface area contributed by atoms with Crippen LogP contribution in [0, 0.1) is 6.92 Å². The minimum absolute atomic E-state index is 0.301. The Hall–Kier alpha value is -2.86. The molecule has 5 nitrogen and oxygen atoms in total. The van der Waals surface area contributed by atoms with E-state index in [9.17, 15) is 14.4 Å². The first-order valence-electron chi connectivity index (χ1n) is 7.70. The number of carbonyl (C=O) groups excluding carboxylic acids is 3. The molecule has 0 bridgehead atoms. The van der Waals surface area contributed by atoms with Gasteiger partial charge in [0.1, 0.15) is 6.54 Å². The van der Waals surface area contributed by atoms with E-state index in [2.05, 4.69) is 5.32 Å². The fourth-order valence-corrected chi connectivity index (χ4v) is 3.22. The number of anilines is 1. The molecule has 3 amide bonds. The van der Waals surface area contributed by atoms with Crippen molar-refractivity contribution in [3.05, 3.63) is 70.6 Å². The zero-order valence-electron chi connectivity index (χ0n) is 13.6. The molecule has 0 radical (unpaired) electrons. The van der Waals surface area contributed by atoms with Crippen molar-refractivity contribution in [3.63, 3.8) is 0 Å². The van der Waals surface area contributed by atoms with E-state index in [0.717, 1.165) is 27.8 Å². The number of nitrogens with one attached hydrogen (secondary N) is 1. The van der Waals surface area contributed by atoms with Crippen molar-refractivity contribution in [3.8, 4) is 0 Å². The molecule has 1 aliphatic heterocycles. The van der Waals surface area contributed by atoms with Crippen LogP contribution in [0.4, 0.5) is 10.5 Å². The Kier molecular flexibility index (Phi) is 5.00. The predicted molar refractivity (Wildman–Crippen MR) is 98.9 cm³/mol. The molecule has 1 fully saturated rings. The van der Waals surface area contributed by atoms with E-state index in [1.807, 2.05) is 37.3 Å². The highest BCUT2D eigenvalue weighted by molar-refractivity contribution is 8.18. The SMILES string of the molecule is Cc1ccccc1/C=C1\SC(=O)N(CC(=O)Nc2ccccc2)C1=O. The summed E-state index contributed by atoms with van der Waals surface area (Å²) in [7, 11) is 0. The van der Waals surface area contributed by atoms with Crippen LogP contribution in [-0.4, -0.2) is 28.5 Å². The molecule has 1 heterocycles. The molecule has 3 rings (SSSR count). The molecule has 2 aromatic rings. The highest BCUT2D eigenvalue weighted by Crippen LogP contribution is 2.32. The van der Waals surface area contributed by atoms with Crippen LogP contribution in [0.2, 0.25) is 0 Å². The van der Waals surface area contributed by atoms with Gasteiger partial charge < -0.3 is 5.32 Å². The molecule has 126 valence electrons. The lowest BCUT2D eigenvalue weighted by atomic mass is 10.1. The number of para-hydroxylation sites is 1. The topological polar surface area (TPSA) is 66.5 Å². The first kappa shape index (κ1) is 17.0. The number of imide groups is 1. The van der Waals surface area contributed by atoms with Gasteiger partial charge in [0.15, 0.2) is 0 Å². The number of benzene rings is 2. The van der Waals surface area contributed by atoms with E-state index < -0.39 is 17.1 Å². The standard InChI is InChI=1S/C19H16N2O3S/c1-13-7-5-6-8-14(13)11-16-18(23)21(19(24)25-16)12-17(22)20-15-9-3-2-4-10-15/h2-11H,12H2,1H3,(H,20,22)/b16-11-. The third-order valence-corrected chi connectivity index (χ3v) is 4.62. The van der Waals surface area contributed by atoms with Crippen molar-refractivity contribution in [1.29, 1.82) is 0 Å². The van der Waals surface area contributed by atoms with Crippen LogP contribution in [-0.2, 0) is 9.59 Å². The molecule has 1 saturated heterocycles. The molecule has 0 aliphatic carbocycles. The van der Waals surface area contributed by atoms with Gasteiger partial charge in [-0.15, -0.1) is 0 Å². The average Bonchev–Trinajstić information content (AvgIpc) is 2.85. The number of rotatable bonds is 4. The molecule has 2 aromatic carbocycles. The Balaban J connectivity index is 1.71. The summed E-state index contributed by atoms with van der Waals surface area (Å²) in [6.45, 7) is 1.63. The van der Waals surface area contributed by atoms with Crippen LogP contribution in [0.3, 0.4) is 0 Å². The molecular weight excluding hydrogens is 336 g/mol. The van der Waals surface area contributed by atoms with Crippen molar-refractivity contribution in [2.75, 3.05) is 11.9 Å². The first-order chi connectivity index (χ1) is 12.0. The van der Waals surface area contributed by atoms with Crippen LogP contribution in [0.5, 0.6) is 0 Å². The average molecular weight is 352 g/mol. The van der Waals surface area contributed by atoms with Crippen molar-refractivity contribution in [2.24, 2.45) is 0 Å². The highest BCUT2D eigenvalue weighted by atomic mass is 32.2. The van der Waals surface area contributed by atoms with Crippen LogP contribution in [0.1, 0.15) is 11.1 Å². The van der Waals surface area contributed by atoms with Gasteiger partial charge in [-0.25, -0.2) is 0 Å². The van der Waals surface area contributed by atoms with Gasteiger partial charge in [-0.1, -0.05) is 42.5 Å². The second-order valence-electron chi connectivity index (χ2n) is 5.54. The number of carbonyl (C=O) groups is 3. The summed E-state index contributed by atoms with van der Waals surface area (Å²) >= 11 is 0.852. The lowest BCUT2D eigenvalue weighted by Crippen LogP contribution is -2.36. The summed E-state index contributed by atoms with van der Waals surface area (Å²) in [5.41, 5.74) is 2.51. The number of thioether (sulfide) groups is 1. The maximum Gasteiger partial charge on any atom is 0.294 e. The van der Waals surface area contributed by atoms with E-state index in [-0.39, 0.29) is 6.54 Å². The molecule has 6 heteroatoms. The number of aryl methyl sites for hydroxylation is 1. The normalized spacial score (nSPS) is 15.7. The van der Waals surface area contributed by atoms with Gasteiger partial charge in [0, 0.05) is 5.69 Å². The van der Waals surface area contributed by atoms with Gasteiger partial charge in [0.05, 0.1) is 4.91 Å². The molecule has 25 heavy (non-hydrogen) atoms. The lowest BCUT2D eigenvalue weighted by molar-refractivity contribution is -0.127. The van der Waals surface area contributed by atoms with Gasteiger partial charge in [-0.05, 0) is 48.0 Å². The Bertz CT molecular complexity index is 862. The van der Waals surface area contributed by atoms with Gasteiger partial charge in [0.25, 0.3) is 11.1 Å². The van der Waals surface area contributed by atoms with E-state index in [1.54, 1.807) is 30.3 Å². The summed E-state index contributed by atoms with van der Waals surface area (Å²) in [4.78, 5) is 37.9. The minimum atomic E-state index is -0.443. The molecule has 0 aromatic heterocycles. The molecule has 0 spiro atoms. The monoisotopic (exact) mass is 352 g/mol. The Morgan fingerprint density at radius 1 is 1.08 bits per heavy atom. The predicted octanol–water partition coefficient (Wildman–Crippen LogP) is 3.67. The molecule has 1 aliphatic rings. The third-order valence-electron chi connectivity index (χ3n) is 3.71. The quantitative estimate of drug-likeness (QED) is 0.853. The largest absolute Gasteiger partial charge is 0.325 e. The zero-order chi connectivity index (χ0) is 17.8. The van der Waals surface area contributed by atoms with Gasteiger partial charge in [-0.3, -0.25) is 19.3 Å². The van der Waals surface area contributed by atoms with E-state index in [1.165, 1.54) is 0 Å². The second-order valence-corrected chi connectivity index (χ2v) is 6.53. The first-order valence-corrected chi connectivity index (χ1v) is 8.52. The third kappa shape index (κ3) is 3.97. The maximum absolute atomic E-state index is 12.5. The van der Waals surface area contributed by atoms with Crippen molar-refractivity contribution in [2.45, 2.75) is 6.92 Å². The number of hydrogen-bond acceptors (Lipinski definition) is 4. The van der Waals surface area contributed by atoms with Crippen molar-refractivity contribution < 1.29 is 14.4 Å². The lowest BCUT2D eigenvalue weighted by Gasteiger charge is -2.12. The minimum Gasteiger partial charge on any atom is -0.325 e. The molecule has 1 N–H and O–H groups in total. The Labute approximate surface area is 149 Å². The van der Waals surface area contributed by atoms with E-state index in [4.69, 9.17) is 0 Å². The van der Waals surface area contributed by atoms with Crippen LogP contribution < -0.4 is 5.32 Å². The van der Waals surface area contributed by atoms with Crippen molar-refractivity contribution in [1.82, 2.24) is 4.90 Å². The van der Waals surface area contributed by atoms with Crippen molar-refractivity contribution >= 4 is 40.6 Å². The smallest absolute Gasteiger partial charge is 0.294 e. The van der Waals surface area contributed by atoms with Gasteiger partial charge in [0.2, 0.25) is 5.91 Å². The zero-order valence-corrected chi connectivity index (χ0v) is 14.4. The molecular formula is C19H16N2O3S. The van der Waals surface area contributed by atoms with Crippen LogP contribution in [0.25, 0.3) is 6.08 Å². The summed E-state index contributed by atoms with van der Waals surface area (Å²) in [5, 5.41) is 2.23. The summed E-state index contributed by atoms with van der Waals surface area (Å²) < 4.78 is 0.